The second kappa shape index (κ2) is 5.70. The number of carbonyl (C=O) groups excluding carboxylic acids is 1. The van der Waals surface area contributed by atoms with Gasteiger partial charge in [-0.05, 0) is 12.1 Å². The summed E-state index contributed by atoms with van der Waals surface area (Å²) in [5, 5.41) is 0.351. The van der Waals surface area contributed by atoms with E-state index in [1.54, 1.807) is 6.07 Å². The molecule has 0 aromatic carbocycles. The van der Waals surface area contributed by atoms with Crippen LogP contribution in [-0.2, 0) is 4.74 Å². The Bertz CT molecular complexity index is 589. The maximum atomic E-state index is 12.3. The lowest BCUT2D eigenvalue weighted by atomic mass is 10.3. The second-order valence-corrected chi connectivity index (χ2v) is 4.29. The van der Waals surface area contributed by atoms with Gasteiger partial charge < -0.3 is 9.47 Å². The van der Waals surface area contributed by atoms with Crippen molar-refractivity contribution in [3.05, 3.63) is 29.4 Å². The average molecular weight is 286 g/mol. The molecule has 0 radical (unpaired) electrons. The Kier molecular flexibility index (Phi) is 4.00. The maximum Gasteiger partial charge on any atom is 0.388 e. The highest BCUT2D eigenvalue weighted by atomic mass is 32.1. The van der Waals surface area contributed by atoms with Gasteiger partial charge in [-0.1, -0.05) is 0 Å². The van der Waals surface area contributed by atoms with Crippen molar-refractivity contribution < 1.29 is 23.0 Å². The zero-order valence-electron chi connectivity index (χ0n) is 9.67. The van der Waals surface area contributed by atoms with Crippen molar-refractivity contribution in [3.8, 4) is 16.5 Å². The number of thiazole rings is 1. The number of rotatable bonds is 4. The van der Waals surface area contributed by atoms with Gasteiger partial charge in [0.2, 0.25) is 5.88 Å². The van der Waals surface area contributed by atoms with Crippen LogP contribution in [0.3, 0.4) is 0 Å². The van der Waals surface area contributed by atoms with Crippen LogP contribution in [0.4, 0.5) is 8.78 Å². The lowest BCUT2D eigenvalue weighted by Gasteiger charge is -2.06. The average Bonchev–Trinajstić information content (AvgIpc) is 2.87. The molecule has 0 atom stereocenters. The van der Waals surface area contributed by atoms with Crippen molar-refractivity contribution in [1.29, 1.82) is 0 Å². The number of hydrogen-bond acceptors (Lipinski definition) is 6. The van der Waals surface area contributed by atoms with Crippen LogP contribution in [-0.4, -0.2) is 29.7 Å². The third kappa shape index (κ3) is 3.02. The van der Waals surface area contributed by atoms with Crippen LogP contribution in [0, 0.1) is 0 Å². The minimum Gasteiger partial charge on any atom is -0.465 e. The number of methoxy groups -OCH3 is 1. The molecule has 2 aromatic heterocycles. The molecule has 0 bridgehead atoms. The van der Waals surface area contributed by atoms with Crippen LogP contribution in [0.15, 0.2) is 24.5 Å². The first-order valence-electron chi connectivity index (χ1n) is 5.06. The van der Waals surface area contributed by atoms with Gasteiger partial charge >= 0.3 is 12.6 Å². The van der Waals surface area contributed by atoms with Crippen LogP contribution < -0.4 is 4.74 Å². The normalized spacial score (nSPS) is 10.5. The monoisotopic (exact) mass is 286 g/mol. The number of halogens is 2. The molecule has 0 spiro atoms. The van der Waals surface area contributed by atoms with Crippen LogP contribution in [0.25, 0.3) is 10.6 Å². The number of alkyl halides is 2. The molecule has 0 aliphatic heterocycles. The Balaban J connectivity index is 2.36. The van der Waals surface area contributed by atoms with Crippen LogP contribution >= 0.6 is 11.3 Å². The summed E-state index contributed by atoms with van der Waals surface area (Å²) in [6.07, 6.45) is 2.64. The number of carbonyl (C=O) groups is 1. The van der Waals surface area contributed by atoms with Gasteiger partial charge in [0.1, 0.15) is 9.88 Å². The molecule has 2 rings (SSSR count). The summed E-state index contributed by atoms with van der Waals surface area (Å²) in [6, 6.07) is 3.09. The second-order valence-electron chi connectivity index (χ2n) is 3.26. The molecule has 100 valence electrons. The van der Waals surface area contributed by atoms with Gasteiger partial charge in [0, 0.05) is 6.20 Å². The summed E-state index contributed by atoms with van der Waals surface area (Å²) in [7, 11) is 1.25. The van der Waals surface area contributed by atoms with Crippen molar-refractivity contribution in [3.63, 3.8) is 0 Å². The minimum atomic E-state index is -2.98. The molecule has 19 heavy (non-hydrogen) atoms. The highest BCUT2D eigenvalue weighted by Gasteiger charge is 2.17. The Morgan fingerprint density at radius 3 is 2.89 bits per heavy atom. The summed E-state index contributed by atoms with van der Waals surface area (Å²) in [5.41, 5.74) is 0.294. The Morgan fingerprint density at radius 2 is 2.21 bits per heavy atom. The van der Waals surface area contributed by atoms with Gasteiger partial charge in [0.25, 0.3) is 0 Å². The van der Waals surface area contributed by atoms with Crippen molar-refractivity contribution >= 4 is 17.3 Å². The predicted octanol–water partition coefficient (Wildman–Crippen LogP) is 2.59. The van der Waals surface area contributed by atoms with E-state index in [0.717, 1.165) is 11.3 Å². The molecule has 2 aromatic rings. The van der Waals surface area contributed by atoms with Gasteiger partial charge in [-0.25, -0.2) is 14.8 Å². The molecular formula is C11H8F2N2O3S. The van der Waals surface area contributed by atoms with Crippen molar-refractivity contribution in [2.24, 2.45) is 0 Å². The molecule has 0 aliphatic rings. The summed E-state index contributed by atoms with van der Waals surface area (Å²) >= 11 is 1.01. The first kappa shape index (κ1) is 13.3. The number of aromatic nitrogens is 2. The third-order valence-corrected chi connectivity index (χ3v) is 3.11. The van der Waals surface area contributed by atoms with Gasteiger partial charge in [-0.15, -0.1) is 11.3 Å². The van der Waals surface area contributed by atoms with Crippen molar-refractivity contribution in [2.45, 2.75) is 6.61 Å². The highest BCUT2D eigenvalue weighted by molar-refractivity contribution is 7.16. The number of nitrogens with zero attached hydrogens (tertiary/aromatic N) is 2. The van der Waals surface area contributed by atoms with Crippen molar-refractivity contribution in [2.75, 3.05) is 7.11 Å². The molecule has 0 saturated heterocycles. The largest absolute Gasteiger partial charge is 0.465 e. The molecule has 2 heterocycles. The van der Waals surface area contributed by atoms with E-state index >= 15 is 0 Å². The Labute approximate surface area is 110 Å². The molecule has 0 fully saturated rings. The van der Waals surface area contributed by atoms with Crippen LogP contribution in [0.1, 0.15) is 9.67 Å². The van der Waals surface area contributed by atoms with E-state index in [9.17, 15) is 13.6 Å². The zero-order chi connectivity index (χ0) is 13.8. The third-order valence-electron chi connectivity index (χ3n) is 2.09. The zero-order valence-corrected chi connectivity index (χ0v) is 10.5. The summed E-state index contributed by atoms with van der Waals surface area (Å²) in [5.74, 6) is -0.771. The Hall–Kier alpha value is -2.09. The molecule has 0 saturated carbocycles. The topological polar surface area (TPSA) is 61.3 Å². The fourth-order valence-corrected chi connectivity index (χ4v) is 2.18. The standard InChI is InChI=1S/C11H8F2N2O3S/c1-17-10(16)7-5-15-9(19-7)6-3-2-4-14-8(6)18-11(12)13/h2-5,11H,1H3. The van der Waals surface area contributed by atoms with E-state index in [4.69, 9.17) is 0 Å². The molecule has 8 heteroatoms. The molecule has 5 nitrogen and oxygen atoms in total. The quantitative estimate of drug-likeness (QED) is 0.808. The summed E-state index contributed by atoms with van der Waals surface area (Å²) in [6.45, 7) is -2.98. The lowest BCUT2D eigenvalue weighted by molar-refractivity contribution is -0.0524. The van der Waals surface area contributed by atoms with Gasteiger partial charge in [0.05, 0.1) is 18.9 Å². The summed E-state index contributed by atoms with van der Waals surface area (Å²) < 4.78 is 33.3. The van der Waals surface area contributed by atoms with E-state index in [1.165, 1.54) is 25.6 Å². The molecule has 0 unspecified atom stereocenters. The summed E-state index contributed by atoms with van der Waals surface area (Å²) in [4.78, 5) is 19.3. The fourth-order valence-electron chi connectivity index (χ4n) is 1.33. The lowest BCUT2D eigenvalue weighted by Crippen LogP contribution is -2.04. The SMILES string of the molecule is COC(=O)c1cnc(-c2cccnc2OC(F)F)s1. The molecule has 0 N–H and O–H groups in total. The van der Waals surface area contributed by atoms with Gasteiger partial charge in [-0.2, -0.15) is 8.78 Å². The van der Waals surface area contributed by atoms with Gasteiger partial charge in [0.15, 0.2) is 0 Å². The smallest absolute Gasteiger partial charge is 0.388 e. The van der Waals surface area contributed by atoms with E-state index in [-0.39, 0.29) is 10.8 Å². The maximum absolute atomic E-state index is 12.3. The predicted molar refractivity (Wildman–Crippen MR) is 63.3 cm³/mol. The number of ether oxygens (including phenoxy) is 2. The number of esters is 1. The first-order valence-corrected chi connectivity index (χ1v) is 5.88. The highest BCUT2D eigenvalue weighted by Crippen LogP contribution is 2.32. The van der Waals surface area contributed by atoms with Crippen LogP contribution in [0.2, 0.25) is 0 Å². The van der Waals surface area contributed by atoms with E-state index in [1.807, 2.05) is 0 Å². The van der Waals surface area contributed by atoms with E-state index in [2.05, 4.69) is 19.4 Å². The molecular weight excluding hydrogens is 278 g/mol. The first-order chi connectivity index (χ1) is 9.11. The number of pyridine rings is 1. The Morgan fingerprint density at radius 1 is 1.42 bits per heavy atom. The van der Waals surface area contributed by atoms with E-state index < -0.39 is 12.6 Å². The van der Waals surface area contributed by atoms with Gasteiger partial charge in [-0.3, -0.25) is 0 Å². The van der Waals surface area contributed by atoms with Crippen LogP contribution in [0.5, 0.6) is 5.88 Å². The number of hydrogen-bond donors (Lipinski definition) is 0. The van der Waals surface area contributed by atoms with E-state index in [0.29, 0.717) is 10.6 Å². The van der Waals surface area contributed by atoms with Crippen molar-refractivity contribution in [1.82, 2.24) is 9.97 Å². The molecule has 0 aliphatic carbocycles. The molecule has 0 amide bonds. The minimum absolute atomic E-state index is 0.233. The fraction of sp³-hybridized carbons (Fsp3) is 0.182.